The molecule has 0 saturated carbocycles. The monoisotopic (exact) mass is 394 g/mol. The standard InChI is InChI=1S/C22H19ClN2OS/c1-14(2)16-6-8-17(9-7-16)19-12-27-21-20(19)22(26)25(13-24-21)11-15-4-3-5-18(23)10-15/h3-10,12-14H,11H2,1-2H3. The third-order valence-electron chi connectivity index (χ3n) is 4.69. The second-order valence-corrected chi connectivity index (χ2v) is 8.21. The molecule has 0 fully saturated rings. The van der Waals surface area contributed by atoms with Crippen LogP contribution in [0.2, 0.25) is 5.02 Å². The molecule has 2 heterocycles. The third-order valence-corrected chi connectivity index (χ3v) is 5.81. The molecular formula is C22H19ClN2OS. The van der Waals surface area contributed by atoms with Crippen molar-refractivity contribution in [2.45, 2.75) is 26.3 Å². The van der Waals surface area contributed by atoms with Crippen molar-refractivity contribution in [3.63, 3.8) is 0 Å². The number of fused-ring (bicyclic) bond motifs is 1. The van der Waals surface area contributed by atoms with Gasteiger partial charge in [0.1, 0.15) is 4.83 Å². The van der Waals surface area contributed by atoms with Gasteiger partial charge in [0.15, 0.2) is 0 Å². The molecule has 0 N–H and O–H groups in total. The summed E-state index contributed by atoms with van der Waals surface area (Å²) in [7, 11) is 0. The molecule has 0 unspecified atom stereocenters. The first-order valence-electron chi connectivity index (χ1n) is 8.84. The summed E-state index contributed by atoms with van der Waals surface area (Å²) in [6.07, 6.45) is 1.62. The average molecular weight is 395 g/mol. The molecule has 3 nitrogen and oxygen atoms in total. The molecule has 0 amide bonds. The van der Waals surface area contributed by atoms with Crippen molar-refractivity contribution in [1.82, 2.24) is 9.55 Å². The lowest BCUT2D eigenvalue weighted by atomic mass is 9.99. The van der Waals surface area contributed by atoms with Crippen molar-refractivity contribution >= 4 is 33.2 Å². The van der Waals surface area contributed by atoms with Crippen molar-refractivity contribution in [3.8, 4) is 11.1 Å². The van der Waals surface area contributed by atoms with Gasteiger partial charge in [-0.15, -0.1) is 11.3 Å². The molecule has 136 valence electrons. The topological polar surface area (TPSA) is 34.9 Å². The van der Waals surface area contributed by atoms with Gasteiger partial charge in [-0.1, -0.05) is 61.8 Å². The predicted octanol–water partition coefficient (Wildman–Crippen LogP) is 5.95. The molecule has 27 heavy (non-hydrogen) atoms. The van der Waals surface area contributed by atoms with Crippen molar-refractivity contribution in [1.29, 1.82) is 0 Å². The Morgan fingerprint density at radius 1 is 1.15 bits per heavy atom. The largest absolute Gasteiger partial charge is 0.294 e. The van der Waals surface area contributed by atoms with Crippen molar-refractivity contribution in [2.75, 3.05) is 0 Å². The SMILES string of the molecule is CC(C)c1ccc(-c2csc3ncn(Cc4cccc(Cl)c4)c(=O)c23)cc1. The van der Waals surface area contributed by atoms with Crippen LogP contribution in [-0.4, -0.2) is 9.55 Å². The van der Waals surface area contributed by atoms with Gasteiger partial charge in [0, 0.05) is 16.0 Å². The summed E-state index contributed by atoms with van der Waals surface area (Å²) >= 11 is 7.57. The predicted molar refractivity (Wildman–Crippen MR) is 114 cm³/mol. The Bertz CT molecular complexity index is 1160. The number of hydrogen-bond donors (Lipinski definition) is 0. The van der Waals surface area contributed by atoms with Crippen LogP contribution in [0.15, 0.2) is 65.0 Å². The van der Waals surface area contributed by atoms with Crippen LogP contribution in [0.5, 0.6) is 0 Å². The second-order valence-electron chi connectivity index (χ2n) is 6.91. The first kappa shape index (κ1) is 18.0. The molecule has 0 saturated heterocycles. The van der Waals surface area contributed by atoms with Crippen LogP contribution in [0.3, 0.4) is 0 Å². The summed E-state index contributed by atoms with van der Waals surface area (Å²) in [6, 6.07) is 16.0. The normalized spacial score (nSPS) is 11.4. The first-order chi connectivity index (χ1) is 13.0. The first-order valence-corrected chi connectivity index (χ1v) is 10.1. The summed E-state index contributed by atoms with van der Waals surface area (Å²) in [5.74, 6) is 0.481. The molecule has 0 bridgehead atoms. The minimum absolute atomic E-state index is 0.0239. The number of aromatic nitrogens is 2. The molecule has 2 aromatic carbocycles. The quantitative estimate of drug-likeness (QED) is 0.428. The van der Waals surface area contributed by atoms with Gasteiger partial charge in [0.05, 0.1) is 18.3 Å². The Balaban J connectivity index is 1.78. The number of thiophene rings is 1. The Hall–Kier alpha value is -2.43. The van der Waals surface area contributed by atoms with Gasteiger partial charge in [-0.3, -0.25) is 9.36 Å². The Kier molecular flexibility index (Phi) is 4.85. The summed E-state index contributed by atoms with van der Waals surface area (Å²) in [5, 5.41) is 3.37. The van der Waals surface area contributed by atoms with E-state index in [1.807, 2.05) is 29.6 Å². The van der Waals surface area contributed by atoms with Crippen LogP contribution in [0.25, 0.3) is 21.3 Å². The zero-order chi connectivity index (χ0) is 19.0. The number of hydrogen-bond acceptors (Lipinski definition) is 3. The summed E-state index contributed by atoms with van der Waals surface area (Å²) in [4.78, 5) is 18.4. The molecule has 5 heteroatoms. The Morgan fingerprint density at radius 3 is 2.63 bits per heavy atom. The highest BCUT2D eigenvalue weighted by Gasteiger charge is 2.14. The fraction of sp³-hybridized carbons (Fsp3) is 0.182. The number of rotatable bonds is 4. The molecule has 2 aromatic heterocycles. The van der Waals surface area contributed by atoms with E-state index < -0.39 is 0 Å². The van der Waals surface area contributed by atoms with E-state index in [2.05, 4.69) is 43.1 Å². The van der Waals surface area contributed by atoms with Crippen molar-refractivity contribution < 1.29 is 0 Å². The number of benzene rings is 2. The lowest BCUT2D eigenvalue weighted by Gasteiger charge is -2.08. The highest BCUT2D eigenvalue weighted by atomic mass is 35.5. The van der Waals surface area contributed by atoms with E-state index in [1.54, 1.807) is 10.9 Å². The molecule has 0 radical (unpaired) electrons. The summed E-state index contributed by atoms with van der Waals surface area (Å²) in [5.41, 5.74) is 4.23. The second kappa shape index (κ2) is 7.29. The lowest BCUT2D eigenvalue weighted by Crippen LogP contribution is -2.20. The molecule has 0 aliphatic carbocycles. The van der Waals surface area contributed by atoms with E-state index in [4.69, 9.17) is 11.6 Å². The van der Waals surface area contributed by atoms with Crippen molar-refractivity contribution in [3.05, 3.63) is 86.7 Å². The van der Waals surface area contributed by atoms with E-state index in [0.717, 1.165) is 21.5 Å². The Labute approximate surface area is 166 Å². The highest BCUT2D eigenvalue weighted by Crippen LogP contribution is 2.31. The lowest BCUT2D eigenvalue weighted by molar-refractivity contribution is 0.749. The van der Waals surface area contributed by atoms with Gasteiger partial charge >= 0.3 is 0 Å². The fourth-order valence-electron chi connectivity index (χ4n) is 3.17. The van der Waals surface area contributed by atoms with Crippen LogP contribution in [0, 0.1) is 0 Å². The van der Waals surface area contributed by atoms with E-state index in [-0.39, 0.29) is 5.56 Å². The molecule has 4 aromatic rings. The molecular weight excluding hydrogens is 376 g/mol. The summed E-state index contributed by atoms with van der Waals surface area (Å²) < 4.78 is 1.65. The van der Waals surface area contributed by atoms with E-state index in [0.29, 0.717) is 22.9 Å². The van der Waals surface area contributed by atoms with Crippen LogP contribution in [0.4, 0.5) is 0 Å². The molecule has 4 rings (SSSR count). The van der Waals surface area contributed by atoms with Gasteiger partial charge in [-0.25, -0.2) is 4.98 Å². The van der Waals surface area contributed by atoms with E-state index in [1.165, 1.54) is 16.9 Å². The van der Waals surface area contributed by atoms with E-state index >= 15 is 0 Å². The van der Waals surface area contributed by atoms with Gasteiger partial charge in [-0.05, 0) is 34.7 Å². The van der Waals surface area contributed by atoms with Crippen LogP contribution in [-0.2, 0) is 6.54 Å². The number of halogens is 1. The van der Waals surface area contributed by atoms with Gasteiger partial charge in [0.25, 0.3) is 5.56 Å². The number of nitrogens with zero attached hydrogens (tertiary/aromatic N) is 2. The average Bonchev–Trinajstić information content (AvgIpc) is 3.09. The van der Waals surface area contributed by atoms with Gasteiger partial charge < -0.3 is 0 Å². The highest BCUT2D eigenvalue weighted by molar-refractivity contribution is 7.17. The zero-order valence-corrected chi connectivity index (χ0v) is 16.7. The summed E-state index contributed by atoms with van der Waals surface area (Å²) in [6.45, 7) is 4.80. The Morgan fingerprint density at radius 2 is 1.93 bits per heavy atom. The maximum Gasteiger partial charge on any atom is 0.263 e. The van der Waals surface area contributed by atoms with Gasteiger partial charge in [0.2, 0.25) is 0 Å². The molecule has 0 aliphatic heterocycles. The van der Waals surface area contributed by atoms with Gasteiger partial charge in [-0.2, -0.15) is 0 Å². The molecule has 0 atom stereocenters. The van der Waals surface area contributed by atoms with Crippen LogP contribution < -0.4 is 5.56 Å². The fourth-order valence-corrected chi connectivity index (χ4v) is 4.29. The minimum Gasteiger partial charge on any atom is -0.294 e. The molecule has 0 spiro atoms. The smallest absolute Gasteiger partial charge is 0.263 e. The maximum absolute atomic E-state index is 13.1. The third kappa shape index (κ3) is 3.55. The van der Waals surface area contributed by atoms with E-state index in [9.17, 15) is 4.79 Å². The minimum atomic E-state index is -0.0239. The zero-order valence-electron chi connectivity index (χ0n) is 15.1. The van der Waals surface area contributed by atoms with Crippen LogP contribution in [0.1, 0.15) is 30.9 Å². The van der Waals surface area contributed by atoms with Crippen molar-refractivity contribution in [2.24, 2.45) is 0 Å². The maximum atomic E-state index is 13.1. The molecule has 0 aliphatic rings. The van der Waals surface area contributed by atoms with Crippen LogP contribution >= 0.6 is 22.9 Å².